The van der Waals surface area contributed by atoms with Crippen molar-refractivity contribution < 1.29 is 13.2 Å². The first-order chi connectivity index (χ1) is 14.9. The highest BCUT2D eigenvalue weighted by atomic mass is 32.2. The smallest absolute Gasteiger partial charge is 0.251 e. The standard InChI is InChI=1S/C23H28N4O3S/c1-4-26(5-2)31(29,30)21-12-11-18(3)22(17-21)23(28)24-15-13-19-14-16-27(25-19)20-9-7-6-8-10-20/h6-12,14,16-17H,4-5,13,15H2,1-3H3,(H,24,28). The van der Waals surface area contributed by atoms with Gasteiger partial charge in [-0.15, -0.1) is 0 Å². The predicted molar refractivity (Wildman–Crippen MR) is 121 cm³/mol. The lowest BCUT2D eigenvalue weighted by Gasteiger charge is -2.19. The van der Waals surface area contributed by atoms with E-state index >= 15 is 0 Å². The number of hydrogen-bond acceptors (Lipinski definition) is 4. The molecule has 0 aliphatic heterocycles. The van der Waals surface area contributed by atoms with Crippen molar-refractivity contribution in [2.45, 2.75) is 32.1 Å². The van der Waals surface area contributed by atoms with E-state index < -0.39 is 10.0 Å². The minimum Gasteiger partial charge on any atom is -0.352 e. The number of carbonyl (C=O) groups is 1. The van der Waals surface area contributed by atoms with Crippen LogP contribution >= 0.6 is 0 Å². The zero-order chi connectivity index (χ0) is 22.4. The number of carbonyl (C=O) groups excluding carboxylic acids is 1. The Morgan fingerprint density at radius 3 is 2.45 bits per heavy atom. The monoisotopic (exact) mass is 440 g/mol. The number of aryl methyl sites for hydroxylation is 1. The van der Waals surface area contributed by atoms with E-state index in [0.717, 1.165) is 16.9 Å². The molecule has 0 fully saturated rings. The Morgan fingerprint density at radius 1 is 1.06 bits per heavy atom. The third-order valence-electron chi connectivity index (χ3n) is 5.13. The third kappa shape index (κ3) is 5.21. The maximum Gasteiger partial charge on any atom is 0.251 e. The molecular formula is C23H28N4O3S. The van der Waals surface area contributed by atoms with Crippen LogP contribution in [-0.4, -0.2) is 48.0 Å². The molecule has 31 heavy (non-hydrogen) atoms. The van der Waals surface area contributed by atoms with Gasteiger partial charge in [-0.2, -0.15) is 9.40 Å². The summed E-state index contributed by atoms with van der Waals surface area (Å²) < 4.78 is 28.7. The summed E-state index contributed by atoms with van der Waals surface area (Å²) in [6.45, 7) is 6.54. The molecule has 0 bridgehead atoms. The third-order valence-corrected chi connectivity index (χ3v) is 7.17. The average molecular weight is 441 g/mol. The van der Waals surface area contributed by atoms with Gasteiger partial charge in [0.05, 0.1) is 16.3 Å². The van der Waals surface area contributed by atoms with Crippen molar-refractivity contribution in [3.05, 3.63) is 77.6 Å². The van der Waals surface area contributed by atoms with Crippen molar-refractivity contribution >= 4 is 15.9 Å². The van der Waals surface area contributed by atoms with Crippen molar-refractivity contribution in [1.82, 2.24) is 19.4 Å². The summed E-state index contributed by atoms with van der Waals surface area (Å²) in [7, 11) is -3.62. The predicted octanol–water partition coefficient (Wildman–Crippen LogP) is 3.18. The van der Waals surface area contributed by atoms with Gasteiger partial charge in [-0.1, -0.05) is 38.1 Å². The van der Waals surface area contributed by atoms with Crippen LogP contribution in [-0.2, 0) is 16.4 Å². The molecule has 8 heteroatoms. The van der Waals surface area contributed by atoms with Gasteiger partial charge in [-0.05, 0) is 42.8 Å². The van der Waals surface area contributed by atoms with E-state index in [4.69, 9.17) is 0 Å². The molecule has 1 aromatic heterocycles. The van der Waals surface area contributed by atoms with E-state index in [1.54, 1.807) is 37.6 Å². The lowest BCUT2D eigenvalue weighted by molar-refractivity contribution is 0.0953. The molecule has 0 aliphatic rings. The number of nitrogens with one attached hydrogen (secondary N) is 1. The van der Waals surface area contributed by atoms with Crippen LogP contribution in [0.15, 0.2) is 65.7 Å². The Morgan fingerprint density at radius 2 is 1.77 bits per heavy atom. The van der Waals surface area contributed by atoms with Crippen LogP contribution in [0.5, 0.6) is 0 Å². The molecule has 7 nitrogen and oxygen atoms in total. The quantitative estimate of drug-likeness (QED) is 0.554. The lowest BCUT2D eigenvalue weighted by atomic mass is 10.1. The maximum atomic E-state index is 12.8. The van der Waals surface area contributed by atoms with Gasteiger partial charge < -0.3 is 5.32 Å². The maximum absolute atomic E-state index is 12.8. The summed E-state index contributed by atoms with van der Waals surface area (Å²) in [6, 6.07) is 16.4. The fourth-order valence-corrected chi connectivity index (χ4v) is 4.82. The Bertz CT molecular complexity index is 1140. The molecule has 0 saturated heterocycles. The Hall–Kier alpha value is -2.97. The fraction of sp³-hybridized carbons (Fsp3) is 0.304. The second-order valence-electron chi connectivity index (χ2n) is 7.16. The van der Waals surface area contributed by atoms with E-state index in [2.05, 4.69) is 10.4 Å². The first-order valence-corrected chi connectivity index (χ1v) is 11.8. The Labute approximate surface area is 183 Å². The summed E-state index contributed by atoms with van der Waals surface area (Å²) in [5.41, 5.74) is 2.92. The molecule has 0 radical (unpaired) electrons. The molecule has 2 aromatic carbocycles. The Kier molecular flexibility index (Phi) is 7.25. The highest BCUT2D eigenvalue weighted by molar-refractivity contribution is 7.89. The molecule has 1 amide bonds. The zero-order valence-electron chi connectivity index (χ0n) is 18.1. The van der Waals surface area contributed by atoms with Crippen LogP contribution < -0.4 is 5.32 Å². The van der Waals surface area contributed by atoms with Crippen molar-refractivity contribution in [3.63, 3.8) is 0 Å². The Balaban J connectivity index is 1.67. The largest absolute Gasteiger partial charge is 0.352 e. The molecule has 1 heterocycles. The molecule has 0 aliphatic carbocycles. The van der Waals surface area contributed by atoms with E-state index in [1.165, 1.54) is 10.4 Å². The number of aromatic nitrogens is 2. The topological polar surface area (TPSA) is 84.3 Å². The van der Waals surface area contributed by atoms with Crippen molar-refractivity contribution in [2.75, 3.05) is 19.6 Å². The van der Waals surface area contributed by atoms with Crippen LogP contribution in [0, 0.1) is 6.92 Å². The normalized spacial score (nSPS) is 11.6. The summed E-state index contributed by atoms with van der Waals surface area (Å²) in [5.74, 6) is -0.295. The first kappa shape index (κ1) is 22.7. The number of sulfonamides is 1. The lowest BCUT2D eigenvalue weighted by Crippen LogP contribution is -2.31. The number of para-hydroxylation sites is 1. The molecule has 0 unspecified atom stereocenters. The number of benzene rings is 2. The van der Waals surface area contributed by atoms with Gasteiger partial charge >= 0.3 is 0 Å². The van der Waals surface area contributed by atoms with E-state index in [9.17, 15) is 13.2 Å². The summed E-state index contributed by atoms with van der Waals surface area (Å²) in [5, 5.41) is 7.41. The van der Waals surface area contributed by atoms with Gasteiger partial charge in [0.25, 0.3) is 5.91 Å². The molecule has 0 saturated carbocycles. The number of rotatable bonds is 9. The summed E-state index contributed by atoms with van der Waals surface area (Å²) >= 11 is 0. The van der Waals surface area contributed by atoms with Crippen molar-refractivity contribution in [1.29, 1.82) is 0 Å². The molecule has 0 spiro atoms. The van der Waals surface area contributed by atoms with E-state index in [-0.39, 0.29) is 10.8 Å². The molecule has 3 aromatic rings. The van der Waals surface area contributed by atoms with Crippen LogP contribution in [0.25, 0.3) is 5.69 Å². The summed E-state index contributed by atoms with van der Waals surface area (Å²) in [4.78, 5) is 12.9. The van der Waals surface area contributed by atoms with Gasteiger partial charge in [0.15, 0.2) is 0 Å². The van der Waals surface area contributed by atoms with Crippen LogP contribution in [0.2, 0.25) is 0 Å². The minimum absolute atomic E-state index is 0.133. The summed E-state index contributed by atoms with van der Waals surface area (Å²) in [6.07, 6.45) is 2.46. The van der Waals surface area contributed by atoms with E-state index in [0.29, 0.717) is 31.6 Å². The molecule has 0 atom stereocenters. The second-order valence-corrected chi connectivity index (χ2v) is 9.10. The molecule has 164 valence electrons. The molecular weight excluding hydrogens is 412 g/mol. The van der Waals surface area contributed by atoms with Gasteiger partial charge in [0.1, 0.15) is 0 Å². The van der Waals surface area contributed by atoms with E-state index in [1.807, 2.05) is 42.6 Å². The van der Waals surface area contributed by atoms with Gasteiger partial charge in [-0.3, -0.25) is 4.79 Å². The average Bonchev–Trinajstić information content (AvgIpc) is 3.24. The number of hydrogen-bond donors (Lipinski definition) is 1. The SMILES string of the molecule is CCN(CC)S(=O)(=O)c1ccc(C)c(C(=O)NCCc2ccn(-c3ccccc3)n2)c1. The first-order valence-electron chi connectivity index (χ1n) is 10.4. The van der Waals surface area contributed by atoms with Crippen LogP contribution in [0.1, 0.15) is 35.5 Å². The minimum atomic E-state index is -3.62. The fourth-order valence-electron chi connectivity index (χ4n) is 3.34. The van der Waals surface area contributed by atoms with Crippen LogP contribution in [0.4, 0.5) is 0 Å². The van der Waals surface area contributed by atoms with Crippen molar-refractivity contribution in [2.24, 2.45) is 0 Å². The van der Waals surface area contributed by atoms with Gasteiger partial charge in [0, 0.05) is 37.8 Å². The van der Waals surface area contributed by atoms with Gasteiger partial charge in [0.2, 0.25) is 10.0 Å². The number of nitrogens with zero attached hydrogens (tertiary/aromatic N) is 3. The molecule has 1 N–H and O–H groups in total. The molecule has 3 rings (SSSR count). The second kappa shape index (κ2) is 9.89. The highest BCUT2D eigenvalue weighted by Crippen LogP contribution is 2.19. The zero-order valence-corrected chi connectivity index (χ0v) is 18.9. The highest BCUT2D eigenvalue weighted by Gasteiger charge is 2.23. The van der Waals surface area contributed by atoms with Gasteiger partial charge in [-0.25, -0.2) is 13.1 Å². The van der Waals surface area contributed by atoms with Crippen LogP contribution in [0.3, 0.4) is 0 Å². The number of amides is 1. The van der Waals surface area contributed by atoms with Crippen molar-refractivity contribution in [3.8, 4) is 5.69 Å².